The summed E-state index contributed by atoms with van der Waals surface area (Å²) in [4.78, 5) is 0. The Balaban J connectivity index is 1.47. The van der Waals surface area contributed by atoms with Gasteiger partial charge in [-0.05, 0) is 56.1 Å². The van der Waals surface area contributed by atoms with Gasteiger partial charge in [0.25, 0.3) is 0 Å². The first kappa shape index (κ1) is 16.7. The van der Waals surface area contributed by atoms with Crippen molar-refractivity contribution in [2.24, 2.45) is 0 Å². The maximum absolute atomic E-state index is 12.8. The van der Waals surface area contributed by atoms with Gasteiger partial charge in [0.2, 0.25) is 0 Å². The predicted molar refractivity (Wildman–Crippen MR) is 90.7 cm³/mol. The van der Waals surface area contributed by atoms with E-state index in [0.717, 1.165) is 39.0 Å². The van der Waals surface area contributed by atoms with Crippen molar-refractivity contribution in [1.82, 2.24) is 10.6 Å². The van der Waals surface area contributed by atoms with E-state index >= 15 is 0 Å². The molecule has 0 saturated carbocycles. The van der Waals surface area contributed by atoms with Crippen LogP contribution in [-0.4, -0.2) is 26.2 Å². The van der Waals surface area contributed by atoms with E-state index in [4.69, 9.17) is 0 Å². The largest absolute Gasteiger partial charge is 0.315 e. The summed E-state index contributed by atoms with van der Waals surface area (Å²) in [6.07, 6.45) is 2.00. The van der Waals surface area contributed by atoms with Crippen molar-refractivity contribution in [3.05, 3.63) is 71.0 Å². The molecule has 0 radical (unpaired) electrons. The van der Waals surface area contributed by atoms with Crippen LogP contribution in [0, 0.1) is 12.7 Å². The fourth-order valence-corrected chi connectivity index (χ4v) is 2.30. The van der Waals surface area contributed by atoms with Crippen LogP contribution in [0.2, 0.25) is 0 Å². The van der Waals surface area contributed by atoms with Gasteiger partial charge in [0.15, 0.2) is 0 Å². The van der Waals surface area contributed by atoms with Crippen LogP contribution in [0.25, 0.3) is 0 Å². The van der Waals surface area contributed by atoms with Gasteiger partial charge in [-0.1, -0.05) is 42.0 Å². The zero-order valence-electron chi connectivity index (χ0n) is 13.2. The van der Waals surface area contributed by atoms with Crippen LogP contribution in [0.5, 0.6) is 0 Å². The van der Waals surface area contributed by atoms with Crippen molar-refractivity contribution in [1.29, 1.82) is 0 Å². The second-order valence-electron chi connectivity index (χ2n) is 5.61. The Morgan fingerprint density at radius 2 is 1.14 bits per heavy atom. The lowest BCUT2D eigenvalue weighted by atomic mass is 10.1. The summed E-state index contributed by atoms with van der Waals surface area (Å²) in [6.45, 7) is 5.96. The second-order valence-corrected chi connectivity index (χ2v) is 5.61. The van der Waals surface area contributed by atoms with Gasteiger partial charge in [-0.3, -0.25) is 0 Å². The summed E-state index contributed by atoms with van der Waals surface area (Å²) in [5.41, 5.74) is 3.85. The number of hydrogen-bond donors (Lipinski definition) is 2. The molecule has 0 atom stereocenters. The molecule has 0 spiro atoms. The number of rotatable bonds is 9. The Kier molecular flexibility index (Phi) is 7.07. The third kappa shape index (κ3) is 6.37. The Morgan fingerprint density at radius 3 is 1.64 bits per heavy atom. The van der Waals surface area contributed by atoms with E-state index in [1.165, 1.54) is 28.8 Å². The highest BCUT2D eigenvalue weighted by Gasteiger charge is 1.95. The zero-order chi connectivity index (χ0) is 15.6. The van der Waals surface area contributed by atoms with Gasteiger partial charge in [0, 0.05) is 13.1 Å². The van der Waals surface area contributed by atoms with Crippen LogP contribution < -0.4 is 10.6 Å². The normalized spacial score (nSPS) is 10.8. The van der Waals surface area contributed by atoms with Crippen LogP contribution in [-0.2, 0) is 12.8 Å². The molecule has 0 saturated heterocycles. The molecule has 3 heteroatoms. The first-order valence-electron chi connectivity index (χ1n) is 7.95. The maximum atomic E-state index is 12.8. The maximum Gasteiger partial charge on any atom is 0.123 e. The third-order valence-electron chi connectivity index (χ3n) is 3.69. The molecule has 0 bridgehead atoms. The molecule has 22 heavy (non-hydrogen) atoms. The van der Waals surface area contributed by atoms with E-state index in [1.54, 1.807) is 0 Å². The standard InChI is InChI=1S/C19H25FN2/c1-16-2-4-17(5-3-16)10-12-21-14-15-22-13-11-18-6-8-19(20)9-7-18/h2-9,21-22H,10-15H2,1H3. The van der Waals surface area contributed by atoms with Gasteiger partial charge in [0.1, 0.15) is 5.82 Å². The van der Waals surface area contributed by atoms with Gasteiger partial charge < -0.3 is 10.6 Å². The first-order chi connectivity index (χ1) is 10.7. The molecule has 0 aliphatic heterocycles. The molecule has 2 rings (SSSR count). The minimum absolute atomic E-state index is 0.172. The molecule has 2 N–H and O–H groups in total. The van der Waals surface area contributed by atoms with Crippen molar-refractivity contribution >= 4 is 0 Å². The van der Waals surface area contributed by atoms with Gasteiger partial charge in [-0.25, -0.2) is 4.39 Å². The van der Waals surface area contributed by atoms with E-state index in [2.05, 4.69) is 41.8 Å². The van der Waals surface area contributed by atoms with Crippen molar-refractivity contribution in [3.63, 3.8) is 0 Å². The highest BCUT2D eigenvalue weighted by atomic mass is 19.1. The average Bonchev–Trinajstić information content (AvgIpc) is 2.53. The summed E-state index contributed by atoms with van der Waals surface area (Å²) in [6, 6.07) is 15.4. The topological polar surface area (TPSA) is 24.1 Å². The monoisotopic (exact) mass is 300 g/mol. The summed E-state index contributed by atoms with van der Waals surface area (Å²) < 4.78 is 12.8. The minimum Gasteiger partial charge on any atom is -0.315 e. The molecular weight excluding hydrogens is 275 g/mol. The molecule has 0 amide bonds. The number of nitrogens with one attached hydrogen (secondary N) is 2. The molecule has 0 aromatic heterocycles. The quantitative estimate of drug-likeness (QED) is 0.695. The fourth-order valence-electron chi connectivity index (χ4n) is 2.30. The molecule has 2 aromatic rings. The predicted octanol–water partition coefficient (Wildman–Crippen LogP) is 3.10. The molecule has 0 aliphatic carbocycles. The number of hydrogen-bond acceptors (Lipinski definition) is 2. The van der Waals surface area contributed by atoms with Crippen LogP contribution in [0.4, 0.5) is 4.39 Å². The van der Waals surface area contributed by atoms with Crippen LogP contribution in [0.15, 0.2) is 48.5 Å². The van der Waals surface area contributed by atoms with Gasteiger partial charge in [-0.15, -0.1) is 0 Å². The van der Waals surface area contributed by atoms with Gasteiger partial charge >= 0.3 is 0 Å². The number of benzene rings is 2. The minimum atomic E-state index is -0.172. The second kappa shape index (κ2) is 9.34. The van der Waals surface area contributed by atoms with E-state index in [-0.39, 0.29) is 5.82 Å². The highest BCUT2D eigenvalue weighted by Crippen LogP contribution is 2.03. The lowest BCUT2D eigenvalue weighted by Gasteiger charge is -2.07. The number of aryl methyl sites for hydroxylation is 1. The van der Waals surface area contributed by atoms with Gasteiger partial charge in [0.05, 0.1) is 0 Å². The number of halogens is 1. The highest BCUT2D eigenvalue weighted by molar-refractivity contribution is 5.21. The van der Waals surface area contributed by atoms with Crippen LogP contribution >= 0.6 is 0 Å². The Hall–Kier alpha value is -1.71. The molecule has 118 valence electrons. The van der Waals surface area contributed by atoms with E-state index in [9.17, 15) is 4.39 Å². The average molecular weight is 300 g/mol. The van der Waals surface area contributed by atoms with E-state index in [0.29, 0.717) is 0 Å². The molecule has 0 heterocycles. The molecule has 0 fully saturated rings. The van der Waals surface area contributed by atoms with Crippen molar-refractivity contribution in [2.45, 2.75) is 19.8 Å². The SMILES string of the molecule is Cc1ccc(CCNCCNCCc2ccc(F)cc2)cc1. The third-order valence-corrected chi connectivity index (χ3v) is 3.69. The zero-order valence-corrected chi connectivity index (χ0v) is 13.2. The van der Waals surface area contributed by atoms with E-state index < -0.39 is 0 Å². The molecule has 0 unspecified atom stereocenters. The van der Waals surface area contributed by atoms with Crippen LogP contribution in [0.1, 0.15) is 16.7 Å². The Bertz CT molecular complexity index is 483. The Labute approximate surface area is 132 Å². The van der Waals surface area contributed by atoms with Crippen molar-refractivity contribution in [3.8, 4) is 0 Å². The summed E-state index contributed by atoms with van der Waals surface area (Å²) >= 11 is 0. The summed E-state index contributed by atoms with van der Waals surface area (Å²) in [5.74, 6) is -0.172. The molecule has 2 aromatic carbocycles. The fraction of sp³-hybridized carbons (Fsp3) is 0.368. The molecule has 2 nitrogen and oxygen atoms in total. The smallest absolute Gasteiger partial charge is 0.123 e. The summed E-state index contributed by atoms with van der Waals surface area (Å²) in [5, 5.41) is 6.84. The lowest BCUT2D eigenvalue weighted by Crippen LogP contribution is -2.29. The first-order valence-corrected chi connectivity index (χ1v) is 7.95. The summed E-state index contributed by atoms with van der Waals surface area (Å²) in [7, 11) is 0. The van der Waals surface area contributed by atoms with E-state index in [1.807, 2.05) is 12.1 Å². The lowest BCUT2D eigenvalue weighted by molar-refractivity contribution is 0.609. The Morgan fingerprint density at radius 1 is 0.682 bits per heavy atom. The van der Waals surface area contributed by atoms with Gasteiger partial charge in [-0.2, -0.15) is 0 Å². The van der Waals surface area contributed by atoms with Crippen molar-refractivity contribution in [2.75, 3.05) is 26.2 Å². The van der Waals surface area contributed by atoms with Crippen LogP contribution in [0.3, 0.4) is 0 Å². The molecule has 0 aliphatic rings. The van der Waals surface area contributed by atoms with Crippen molar-refractivity contribution < 1.29 is 4.39 Å². The molecular formula is C19H25FN2.